The summed E-state index contributed by atoms with van der Waals surface area (Å²) in [5.41, 5.74) is 1.68. The van der Waals surface area contributed by atoms with Crippen molar-refractivity contribution in [1.29, 1.82) is 0 Å². The second kappa shape index (κ2) is 4.35. The molecule has 1 heterocycles. The van der Waals surface area contributed by atoms with E-state index in [2.05, 4.69) is 0 Å². The van der Waals surface area contributed by atoms with Crippen molar-refractivity contribution in [3.05, 3.63) is 65.2 Å². The number of cyclic esters (lactones) is 1. The van der Waals surface area contributed by atoms with Crippen LogP contribution in [0.5, 0.6) is 0 Å². The van der Waals surface area contributed by atoms with Crippen LogP contribution in [0, 0.1) is 0 Å². The molecule has 1 aliphatic heterocycles. The fraction of sp³-hybridized carbons (Fsp3) is 0.0714. The van der Waals surface area contributed by atoms with E-state index in [0.717, 1.165) is 11.3 Å². The Morgan fingerprint density at radius 2 is 1.83 bits per heavy atom. The van der Waals surface area contributed by atoms with Crippen LogP contribution < -0.4 is 4.90 Å². The van der Waals surface area contributed by atoms with E-state index in [1.165, 1.54) is 0 Å². The van der Waals surface area contributed by atoms with Crippen molar-refractivity contribution in [2.24, 2.45) is 0 Å². The summed E-state index contributed by atoms with van der Waals surface area (Å²) in [7, 11) is 0. The van der Waals surface area contributed by atoms with Gasteiger partial charge in [0, 0.05) is 10.6 Å². The van der Waals surface area contributed by atoms with E-state index >= 15 is 0 Å². The smallest absolute Gasteiger partial charge is 0.419 e. The minimum atomic E-state index is -0.364. The van der Waals surface area contributed by atoms with Crippen molar-refractivity contribution in [3.8, 4) is 0 Å². The highest BCUT2D eigenvalue weighted by atomic mass is 35.5. The Hall–Kier alpha value is -2.00. The molecule has 1 unspecified atom stereocenters. The third kappa shape index (κ3) is 1.83. The minimum absolute atomic E-state index is 0.355. The predicted molar refractivity (Wildman–Crippen MR) is 69.6 cm³/mol. The number of halogens is 1. The molecule has 2 aromatic rings. The maximum absolute atomic E-state index is 11.6. The Morgan fingerprint density at radius 3 is 2.50 bits per heavy atom. The molecule has 90 valence electrons. The van der Waals surface area contributed by atoms with Gasteiger partial charge in [0.2, 0.25) is 6.23 Å². The molecule has 0 spiro atoms. The highest BCUT2D eigenvalue weighted by Gasteiger charge is 2.40. The minimum Gasteiger partial charge on any atom is -0.420 e. The molecule has 3 nitrogen and oxygen atoms in total. The van der Waals surface area contributed by atoms with Crippen LogP contribution in [0.2, 0.25) is 5.02 Å². The molecule has 0 aromatic heterocycles. The zero-order valence-electron chi connectivity index (χ0n) is 9.42. The lowest BCUT2D eigenvalue weighted by Gasteiger charge is -2.39. The van der Waals surface area contributed by atoms with Gasteiger partial charge in [0.15, 0.2) is 0 Å². The summed E-state index contributed by atoms with van der Waals surface area (Å²) in [5, 5.41) is 0.596. The molecule has 1 atom stereocenters. The summed E-state index contributed by atoms with van der Waals surface area (Å²) in [6.07, 6.45) is -0.719. The van der Waals surface area contributed by atoms with Crippen molar-refractivity contribution in [2.75, 3.05) is 4.90 Å². The molecule has 0 N–H and O–H groups in total. The highest BCUT2D eigenvalue weighted by molar-refractivity contribution is 6.30. The number of benzene rings is 2. The van der Waals surface area contributed by atoms with Gasteiger partial charge in [-0.05, 0) is 18.2 Å². The summed E-state index contributed by atoms with van der Waals surface area (Å²) in [6, 6.07) is 16.8. The molecule has 1 amide bonds. The molecule has 2 aromatic carbocycles. The van der Waals surface area contributed by atoms with E-state index in [9.17, 15) is 4.79 Å². The molecule has 1 saturated heterocycles. The van der Waals surface area contributed by atoms with E-state index in [-0.39, 0.29) is 12.3 Å². The van der Waals surface area contributed by atoms with Gasteiger partial charge in [-0.25, -0.2) is 9.69 Å². The van der Waals surface area contributed by atoms with E-state index < -0.39 is 0 Å². The van der Waals surface area contributed by atoms with Crippen LogP contribution in [0.3, 0.4) is 0 Å². The topological polar surface area (TPSA) is 29.5 Å². The number of carbonyl (C=O) groups is 1. The molecule has 1 fully saturated rings. The molecule has 3 rings (SSSR count). The number of ether oxygens (including phenoxy) is 1. The Morgan fingerprint density at radius 1 is 1.06 bits per heavy atom. The van der Waals surface area contributed by atoms with Crippen molar-refractivity contribution in [1.82, 2.24) is 0 Å². The molecule has 0 aliphatic carbocycles. The predicted octanol–water partition coefficient (Wildman–Crippen LogP) is 4.00. The Bertz CT molecular complexity index is 585. The number of rotatable bonds is 2. The average molecular weight is 260 g/mol. The Labute approximate surface area is 110 Å². The van der Waals surface area contributed by atoms with Crippen LogP contribution in [0.25, 0.3) is 0 Å². The summed E-state index contributed by atoms with van der Waals surface area (Å²) in [5.74, 6) is 0. The van der Waals surface area contributed by atoms with Crippen LogP contribution in [-0.4, -0.2) is 6.09 Å². The van der Waals surface area contributed by atoms with Gasteiger partial charge in [-0.15, -0.1) is 0 Å². The third-order valence-electron chi connectivity index (χ3n) is 2.81. The van der Waals surface area contributed by atoms with E-state index in [1.54, 1.807) is 17.0 Å². The van der Waals surface area contributed by atoms with Crippen LogP contribution in [0.4, 0.5) is 10.5 Å². The molecular formula is C14H10ClNO2. The lowest BCUT2D eigenvalue weighted by molar-refractivity contribution is 0.0430. The van der Waals surface area contributed by atoms with Gasteiger partial charge in [0.05, 0.1) is 5.69 Å². The van der Waals surface area contributed by atoms with Gasteiger partial charge in [0.25, 0.3) is 0 Å². The van der Waals surface area contributed by atoms with E-state index in [0.29, 0.717) is 5.02 Å². The molecule has 18 heavy (non-hydrogen) atoms. The fourth-order valence-corrected chi connectivity index (χ4v) is 2.14. The van der Waals surface area contributed by atoms with Crippen LogP contribution in [0.1, 0.15) is 11.8 Å². The lowest BCUT2D eigenvalue weighted by Crippen LogP contribution is -2.48. The summed E-state index contributed by atoms with van der Waals surface area (Å²) >= 11 is 5.93. The second-order valence-corrected chi connectivity index (χ2v) is 4.43. The number of carbonyl (C=O) groups excluding carboxylic acids is 1. The Kier molecular flexibility index (Phi) is 2.68. The van der Waals surface area contributed by atoms with Gasteiger partial charge in [-0.2, -0.15) is 0 Å². The first-order chi connectivity index (χ1) is 8.75. The third-order valence-corrected chi connectivity index (χ3v) is 3.05. The van der Waals surface area contributed by atoms with Crippen LogP contribution in [0.15, 0.2) is 54.6 Å². The van der Waals surface area contributed by atoms with Gasteiger partial charge >= 0.3 is 6.09 Å². The number of nitrogens with zero attached hydrogens (tertiary/aromatic N) is 1. The molecule has 0 radical (unpaired) electrons. The fourth-order valence-electron chi connectivity index (χ4n) is 1.95. The standard InChI is InChI=1S/C14H10ClNO2/c15-11-7-4-8-12(9-11)16-13(18-14(16)17)10-5-2-1-3-6-10/h1-9,13H. The first kappa shape index (κ1) is 11.1. The molecular weight excluding hydrogens is 250 g/mol. The SMILES string of the molecule is O=C1OC(c2ccccc2)N1c1cccc(Cl)c1. The van der Waals surface area contributed by atoms with Crippen molar-refractivity contribution in [3.63, 3.8) is 0 Å². The van der Waals surface area contributed by atoms with Gasteiger partial charge in [0.1, 0.15) is 0 Å². The van der Waals surface area contributed by atoms with E-state index in [1.807, 2.05) is 42.5 Å². The molecule has 4 heteroatoms. The van der Waals surface area contributed by atoms with Crippen molar-refractivity contribution >= 4 is 23.4 Å². The largest absolute Gasteiger partial charge is 0.420 e. The monoisotopic (exact) mass is 259 g/mol. The summed E-state index contributed by atoms with van der Waals surface area (Å²) in [4.78, 5) is 13.2. The zero-order chi connectivity index (χ0) is 12.5. The number of hydrogen-bond donors (Lipinski definition) is 0. The Balaban J connectivity index is 1.94. The van der Waals surface area contributed by atoms with Gasteiger partial charge in [-0.3, -0.25) is 0 Å². The quantitative estimate of drug-likeness (QED) is 0.816. The summed E-state index contributed by atoms with van der Waals surface area (Å²) < 4.78 is 5.18. The number of hydrogen-bond acceptors (Lipinski definition) is 2. The molecule has 0 bridgehead atoms. The van der Waals surface area contributed by atoms with Crippen LogP contribution >= 0.6 is 11.6 Å². The number of amides is 1. The number of anilines is 1. The second-order valence-electron chi connectivity index (χ2n) is 4.00. The first-order valence-electron chi connectivity index (χ1n) is 5.56. The lowest BCUT2D eigenvalue weighted by atomic mass is 10.1. The first-order valence-corrected chi connectivity index (χ1v) is 5.94. The highest BCUT2D eigenvalue weighted by Crippen LogP contribution is 2.37. The average Bonchev–Trinajstić information content (AvgIpc) is 2.37. The maximum atomic E-state index is 11.6. The molecule has 0 saturated carbocycles. The van der Waals surface area contributed by atoms with Crippen molar-refractivity contribution in [2.45, 2.75) is 6.23 Å². The maximum Gasteiger partial charge on any atom is 0.419 e. The van der Waals surface area contributed by atoms with Crippen LogP contribution in [-0.2, 0) is 4.74 Å². The van der Waals surface area contributed by atoms with Crippen molar-refractivity contribution < 1.29 is 9.53 Å². The normalized spacial score (nSPS) is 18.2. The van der Waals surface area contributed by atoms with Gasteiger partial charge in [-0.1, -0.05) is 48.0 Å². The van der Waals surface area contributed by atoms with E-state index in [4.69, 9.17) is 16.3 Å². The molecule has 1 aliphatic rings. The zero-order valence-corrected chi connectivity index (χ0v) is 10.2. The summed E-state index contributed by atoms with van der Waals surface area (Å²) in [6.45, 7) is 0. The van der Waals surface area contributed by atoms with Gasteiger partial charge < -0.3 is 4.74 Å².